The zero-order valence-electron chi connectivity index (χ0n) is 23.7. The number of nitrogens with one attached hydrogen (secondary N) is 2. The summed E-state index contributed by atoms with van der Waals surface area (Å²) in [6.45, 7) is 11.5. The third kappa shape index (κ3) is 6.60. The Hall–Kier alpha value is -3.85. The van der Waals surface area contributed by atoms with E-state index in [0.717, 1.165) is 37.6 Å². The van der Waals surface area contributed by atoms with Crippen molar-refractivity contribution in [2.24, 2.45) is 0 Å². The highest BCUT2D eigenvalue weighted by atomic mass is 32.1. The van der Waals surface area contributed by atoms with Crippen molar-refractivity contribution in [3.05, 3.63) is 64.8 Å². The van der Waals surface area contributed by atoms with Crippen molar-refractivity contribution in [2.75, 3.05) is 19.5 Å². The summed E-state index contributed by atoms with van der Waals surface area (Å²) >= 11 is 1.70. The number of carbonyl (C=O) groups is 1. The van der Waals surface area contributed by atoms with Crippen LogP contribution in [0.25, 0.3) is 21.3 Å². The fourth-order valence-corrected chi connectivity index (χ4v) is 5.41. The van der Waals surface area contributed by atoms with Crippen molar-refractivity contribution in [3.63, 3.8) is 0 Å². The smallest absolute Gasteiger partial charge is 0.408 e. The Morgan fingerprint density at radius 3 is 2.33 bits per heavy atom. The van der Waals surface area contributed by atoms with Crippen LogP contribution < -0.4 is 20.1 Å². The number of ether oxygens (including phenoxy) is 3. The molecule has 0 fully saturated rings. The average molecular weight is 549 g/mol. The summed E-state index contributed by atoms with van der Waals surface area (Å²) in [6, 6.07) is 15.9. The molecule has 39 heavy (non-hydrogen) atoms. The molecule has 8 nitrogen and oxygen atoms in total. The number of carbonyl (C=O) groups excluding carboxylic acids is 1. The molecule has 0 aliphatic heterocycles. The lowest BCUT2D eigenvalue weighted by atomic mass is 10.0. The van der Waals surface area contributed by atoms with E-state index in [0.29, 0.717) is 17.3 Å². The van der Waals surface area contributed by atoms with Crippen molar-refractivity contribution in [2.45, 2.75) is 59.2 Å². The minimum Gasteiger partial charge on any atom is -0.493 e. The number of aromatic nitrogens is 2. The van der Waals surface area contributed by atoms with Crippen LogP contribution in [-0.4, -0.2) is 35.9 Å². The molecule has 0 saturated carbocycles. The fraction of sp³-hybridized carbons (Fsp3) is 0.367. The fourth-order valence-electron chi connectivity index (χ4n) is 4.35. The van der Waals surface area contributed by atoms with Gasteiger partial charge in [-0.15, -0.1) is 11.3 Å². The van der Waals surface area contributed by atoms with Crippen LogP contribution in [0, 0.1) is 6.92 Å². The number of benzene rings is 2. The third-order valence-electron chi connectivity index (χ3n) is 6.15. The van der Waals surface area contributed by atoms with E-state index in [2.05, 4.69) is 45.7 Å². The quantitative estimate of drug-likeness (QED) is 0.236. The van der Waals surface area contributed by atoms with Crippen LogP contribution in [0.5, 0.6) is 11.5 Å². The van der Waals surface area contributed by atoms with Gasteiger partial charge in [-0.05, 0) is 70.9 Å². The predicted molar refractivity (Wildman–Crippen MR) is 157 cm³/mol. The second kappa shape index (κ2) is 11.5. The van der Waals surface area contributed by atoms with Gasteiger partial charge in [0.2, 0.25) is 0 Å². The van der Waals surface area contributed by atoms with Crippen molar-refractivity contribution in [3.8, 4) is 21.9 Å². The number of amides is 1. The summed E-state index contributed by atoms with van der Waals surface area (Å²) in [5, 5.41) is 7.39. The summed E-state index contributed by atoms with van der Waals surface area (Å²) in [6.07, 6.45) is -0.434. The predicted octanol–water partition coefficient (Wildman–Crippen LogP) is 7.44. The SMILES string of the molecule is COc1cc2nc(C)nc(NC(C)c3ccc(-c4ccccc4[C@@H](C)NC(=O)OC(C)(C)C)s3)c2cc1OC. The molecule has 2 aromatic carbocycles. The lowest BCUT2D eigenvalue weighted by Crippen LogP contribution is -2.34. The van der Waals surface area contributed by atoms with Crippen LogP contribution >= 0.6 is 11.3 Å². The summed E-state index contributed by atoms with van der Waals surface area (Å²) in [7, 11) is 3.23. The van der Waals surface area contributed by atoms with Crippen molar-refractivity contribution >= 4 is 34.2 Å². The normalized spacial score (nSPS) is 13.0. The highest BCUT2D eigenvalue weighted by molar-refractivity contribution is 7.15. The molecule has 2 aromatic heterocycles. The number of anilines is 1. The van der Waals surface area contributed by atoms with Crippen LogP contribution in [-0.2, 0) is 4.74 Å². The van der Waals surface area contributed by atoms with Gasteiger partial charge in [-0.2, -0.15) is 0 Å². The van der Waals surface area contributed by atoms with Crippen molar-refractivity contribution in [1.29, 1.82) is 0 Å². The molecule has 0 saturated heterocycles. The minimum absolute atomic E-state index is 0.0150. The number of alkyl carbamates (subject to hydrolysis) is 1. The molecule has 2 heterocycles. The molecular formula is C30H36N4O4S. The molecule has 4 rings (SSSR count). The van der Waals surface area contributed by atoms with E-state index in [1.807, 2.05) is 65.0 Å². The maximum atomic E-state index is 12.4. The summed E-state index contributed by atoms with van der Waals surface area (Å²) < 4.78 is 16.4. The Morgan fingerprint density at radius 2 is 1.64 bits per heavy atom. The van der Waals surface area contributed by atoms with Gasteiger partial charge in [0.05, 0.1) is 31.8 Å². The first-order chi connectivity index (χ1) is 18.5. The van der Waals surface area contributed by atoms with Crippen molar-refractivity contribution in [1.82, 2.24) is 15.3 Å². The largest absolute Gasteiger partial charge is 0.493 e. The Labute approximate surface area is 233 Å². The van der Waals surface area contributed by atoms with E-state index in [1.54, 1.807) is 25.6 Å². The van der Waals surface area contributed by atoms with Crippen LogP contribution in [0.4, 0.5) is 10.6 Å². The third-order valence-corrected chi connectivity index (χ3v) is 7.45. The zero-order chi connectivity index (χ0) is 28.3. The van der Waals surface area contributed by atoms with Crippen molar-refractivity contribution < 1.29 is 19.0 Å². The maximum absolute atomic E-state index is 12.4. The van der Waals surface area contributed by atoms with Crippen LogP contribution in [0.3, 0.4) is 0 Å². The highest BCUT2D eigenvalue weighted by Crippen LogP contribution is 2.38. The lowest BCUT2D eigenvalue weighted by Gasteiger charge is -2.23. The standard InChI is InChI=1S/C30H36N4O4S/c1-17(32-29(35)38-30(4,5)6)20-11-9-10-12-21(20)27-14-13-26(39-27)18(2)31-28-22-15-24(36-7)25(37-8)16-23(22)33-19(3)34-28/h9-18H,1-8H3,(H,32,35)(H,31,33,34)/t17-,18?/m1/s1. The molecule has 1 unspecified atom stereocenters. The molecule has 0 aliphatic rings. The van der Waals surface area contributed by atoms with E-state index in [-0.39, 0.29) is 12.1 Å². The first-order valence-corrected chi connectivity index (χ1v) is 13.7. The Morgan fingerprint density at radius 1 is 0.949 bits per heavy atom. The molecular weight excluding hydrogens is 512 g/mol. The molecule has 0 aliphatic carbocycles. The monoisotopic (exact) mass is 548 g/mol. The second-order valence-corrected chi connectivity index (χ2v) is 11.5. The van der Waals surface area contributed by atoms with E-state index >= 15 is 0 Å². The maximum Gasteiger partial charge on any atom is 0.408 e. The number of hydrogen-bond acceptors (Lipinski definition) is 8. The van der Waals surface area contributed by atoms with Gasteiger partial charge in [0.1, 0.15) is 17.2 Å². The topological polar surface area (TPSA) is 94.6 Å². The number of aryl methyl sites for hydroxylation is 1. The number of rotatable bonds is 8. The molecule has 0 radical (unpaired) electrons. The van der Waals surface area contributed by atoms with E-state index in [1.165, 1.54) is 0 Å². The lowest BCUT2D eigenvalue weighted by molar-refractivity contribution is 0.0508. The Balaban J connectivity index is 1.59. The number of hydrogen-bond donors (Lipinski definition) is 2. The van der Waals surface area contributed by atoms with Gasteiger partial charge in [-0.25, -0.2) is 14.8 Å². The second-order valence-electron chi connectivity index (χ2n) is 10.4. The van der Waals surface area contributed by atoms with E-state index in [9.17, 15) is 4.79 Å². The Bertz CT molecular complexity index is 1480. The van der Waals surface area contributed by atoms with Gasteiger partial charge in [0, 0.05) is 21.2 Å². The first kappa shape index (κ1) is 28.2. The molecule has 2 N–H and O–H groups in total. The number of methoxy groups -OCH3 is 2. The van der Waals surface area contributed by atoms with Gasteiger partial charge >= 0.3 is 6.09 Å². The van der Waals surface area contributed by atoms with Gasteiger partial charge in [-0.1, -0.05) is 24.3 Å². The molecule has 9 heteroatoms. The van der Waals surface area contributed by atoms with Gasteiger partial charge in [0.25, 0.3) is 0 Å². The highest BCUT2D eigenvalue weighted by Gasteiger charge is 2.21. The number of thiophene rings is 1. The molecule has 0 bridgehead atoms. The number of nitrogens with zero attached hydrogens (tertiary/aromatic N) is 2. The van der Waals surface area contributed by atoms with Crippen LogP contribution in [0.15, 0.2) is 48.5 Å². The number of fused-ring (bicyclic) bond motifs is 1. The zero-order valence-corrected chi connectivity index (χ0v) is 24.5. The van der Waals surface area contributed by atoms with Crippen LogP contribution in [0.1, 0.15) is 63.0 Å². The summed E-state index contributed by atoms with van der Waals surface area (Å²) in [5.74, 6) is 2.64. The average Bonchev–Trinajstić information content (AvgIpc) is 3.37. The van der Waals surface area contributed by atoms with Gasteiger partial charge in [0.15, 0.2) is 11.5 Å². The minimum atomic E-state index is -0.556. The van der Waals surface area contributed by atoms with Crippen LogP contribution in [0.2, 0.25) is 0 Å². The molecule has 2 atom stereocenters. The molecule has 4 aromatic rings. The molecule has 0 spiro atoms. The Kier molecular flexibility index (Phi) is 8.30. The van der Waals surface area contributed by atoms with Gasteiger partial charge in [-0.3, -0.25) is 0 Å². The van der Waals surface area contributed by atoms with E-state index in [4.69, 9.17) is 14.2 Å². The first-order valence-electron chi connectivity index (χ1n) is 12.8. The van der Waals surface area contributed by atoms with E-state index < -0.39 is 11.7 Å². The molecule has 206 valence electrons. The van der Waals surface area contributed by atoms with Gasteiger partial charge < -0.3 is 24.8 Å². The molecule has 1 amide bonds. The summed E-state index contributed by atoms with van der Waals surface area (Å²) in [5.41, 5.74) is 2.32. The summed E-state index contributed by atoms with van der Waals surface area (Å²) in [4.78, 5) is 23.9.